The molecule has 4 rings (SSSR count). The molecule has 0 radical (unpaired) electrons. The molecule has 0 spiro atoms. The van der Waals surface area contributed by atoms with Gasteiger partial charge in [-0.1, -0.05) is 90.1 Å². The summed E-state index contributed by atoms with van der Waals surface area (Å²) in [4.78, 5) is 67.4. The second-order valence-corrected chi connectivity index (χ2v) is 15.5. The average molecular weight is 754 g/mol. The van der Waals surface area contributed by atoms with E-state index in [1.54, 1.807) is 0 Å². The third-order valence-corrected chi connectivity index (χ3v) is 10.1. The van der Waals surface area contributed by atoms with Gasteiger partial charge in [-0.15, -0.1) is 0 Å². The van der Waals surface area contributed by atoms with E-state index in [0.717, 1.165) is 37.7 Å². The zero-order valence-electron chi connectivity index (χ0n) is 32.2. The van der Waals surface area contributed by atoms with Crippen molar-refractivity contribution in [2.45, 2.75) is 123 Å². The Balaban J connectivity index is 0.00000784. The number of non-ortho nitro benzene ring substituents is 1. The standard InChI is InChI=1S/C40H57N5O8.H2O/c1-25(2)18-33(39(49)42-32(19-28-12-8-6-9-13-28)36(47)22-38(48)41-23-26(3)4)43-40(50)34(20-29-14-10-7-11-15-29)44(27(5)46)35-24-53-37-17-16-30(45(51)52)21-31(35)37;/h7,10-11,14-17,21,25-26,28,32-36,47H,6,8-9,12-13,18-20,22-24H2,1-5H3,(H,41,48)(H,42,49)(H,43,50);1H2/t32?,33-,34-,35?,36?;/m0./s1. The molecular formula is C40H59N5O9. The molecule has 14 heteroatoms. The van der Waals surface area contributed by atoms with Crippen molar-refractivity contribution in [3.63, 3.8) is 0 Å². The van der Waals surface area contributed by atoms with Crippen molar-refractivity contribution in [2.24, 2.45) is 17.8 Å². The molecule has 2 aromatic rings. The first-order valence-electron chi connectivity index (χ1n) is 19.0. The van der Waals surface area contributed by atoms with Crippen LogP contribution in [0.15, 0.2) is 48.5 Å². The fourth-order valence-electron chi connectivity index (χ4n) is 7.41. The highest BCUT2D eigenvalue weighted by Gasteiger charge is 2.41. The molecule has 1 aliphatic heterocycles. The van der Waals surface area contributed by atoms with Gasteiger partial charge in [0, 0.05) is 37.6 Å². The Morgan fingerprint density at radius 1 is 0.963 bits per heavy atom. The van der Waals surface area contributed by atoms with E-state index in [1.165, 1.54) is 30.0 Å². The Hall–Kier alpha value is -4.56. The molecule has 0 aromatic heterocycles. The first-order chi connectivity index (χ1) is 25.2. The minimum atomic E-state index is -1.13. The molecule has 1 fully saturated rings. The molecule has 54 heavy (non-hydrogen) atoms. The number of carbonyl (C=O) groups is 4. The minimum Gasteiger partial charge on any atom is -0.491 e. The van der Waals surface area contributed by atoms with Crippen LogP contribution in [0.1, 0.15) is 103 Å². The Labute approximate surface area is 318 Å². The molecular weight excluding hydrogens is 694 g/mol. The van der Waals surface area contributed by atoms with Gasteiger partial charge in [-0.3, -0.25) is 29.3 Å². The first-order valence-corrected chi connectivity index (χ1v) is 19.0. The summed E-state index contributed by atoms with van der Waals surface area (Å²) < 4.78 is 5.85. The second-order valence-electron chi connectivity index (χ2n) is 15.5. The van der Waals surface area contributed by atoms with Gasteiger partial charge in [0.25, 0.3) is 5.69 Å². The SMILES string of the molecule is CC(=O)N(C1COc2ccc([N+](=O)[O-])cc21)[C@@H](Cc1ccccc1)C(=O)N[C@@H](CC(C)C)C(=O)NC(CC1CCCCC1)C(O)CC(=O)NCC(C)C.O. The van der Waals surface area contributed by atoms with Gasteiger partial charge >= 0.3 is 0 Å². The summed E-state index contributed by atoms with van der Waals surface area (Å²) in [7, 11) is 0. The largest absolute Gasteiger partial charge is 0.491 e. The van der Waals surface area contributed by atoms with E-state index in [4.69, 9.17) is 4.74 Å². The predicted molar refractivity (Wildman–Crippen MR) is 204 cm³/mol. The van der Waals surface area contributed by atoms with Gasteiger partial charge in [-0.25, -0.2) is 0 Å². The molecule has 0 bridgehead atoms. The summed E-state index contributed by atoms with van der Waals surface area (Å²) >= 11 is 0. The number of carbonyl (C=O) groups excluding carboxylic acids is 4. The fraction of sp³-hybridized carbons (Fsp3) is 0.600. The van der Waals surface area contributed by atoms with Crippen molar-refractivity contribution < 1.29 is 39.4 Å². The number of ether oxygens (including phenoxy) is 1. The lowest BCUT2D eigenvalue weighted by atomic mass is 9.83. The molecule has 298 valence electrons. The molecule has 1 heterocycles. The van der Waals surface area contributed by atoms with E-state index in [-0.39, 0.29) is 60.7 Å². The molecule has 14 nitrogen and oxygen atoms in total. The third kappa shape index (κ3) is 12.5. The van der Waals surface area contributed by atoms with Crippen LogP contribution in [0.3, 0.4) is 0 Å². The highest BCUT2D eigenvalue weighted by molar-refractivity contribution is 5.92. The van der Waals surface area contributed by atoms with Gasteiger partial charge in [0.1, 0.15) is 24.4 Å². The van der Waals surface area contributed by atoms with Crippen molar-refractivity contribution in [1.29, 1.82) is 0 Å². The maximum atomic E-state index is 14.5. The zero-order chi connectivity index (χ0) is 38.7. The lowest BCUT2D eigenvalue weighted by Gasteiger charge is -2.36. The minimum absolute atomic E-state index is 0. The maximum absolute atomic E-state index is 14.5. The van der Waals surface area contributed by atoms with E-state index in [2.05, 4.69) is 16.0 Å². The number of nitrogens with zero attached hydrogens (tertiary/aromatic N) is 2. The molecule has 1 saturated carbocycles. The van der Waals surface area contributed by atoms with Gasteiger partial charge < -0.3 is 36.2 Å². The normalized spacial score (nSPS) is 17.6. The summed E-state index contributed by atoms with van der Waals surface area (Å²) in [5.41, 5.74) is 1.03. The third-order valence-electron chi connectivity index (χ3n) is 10.1. The van der Waals surface area contributed by atoms with Crippen LogP contribution in [-0.2, 0) is 25.6 Å². The van der Waals surface area contributed by atoms with Gasteiger partial charge in [0.15, 0.2) is 0 Å². The molecule has 3 unspecified atom stereocenters. The van der Waals surface area contributed by atoms with E-state index in [0.29, 0.717) is 24.3 Å². The second kappa shape index (κ2) is 20.8. The van der Waals surface area contributed by atoms with Crippen LogP contribution in [0.5, 0.6) is 5.75 Å². The van der Waals surface area contributed by atoms with Crippen molar-refractivity contribution in [3.05, 3.63) is 69.8 Å². The van der Waals surface area contributed by atoms with Crippen LogP contribution in [0.4, 0.5) is 5.69 Å². The molecule has 4 amide bonds. The lowest BCUT2D eigenvalue weighted by Crippen LogP contribution is -2.58. The predicted octanol–water partition coefficient (Wildman–Crippen LogP) is 4.17. The van der Waals surface area contributed by atoms with Crippen LogP contribution < -0.4 is 20.7 Å². The van der Waals surface area contributed by atoms with Gasteiger partial charge in [-0.2, -0.15) is 0 Å². The number of aliphatic hydroxyl groups excluding tert-OH is 1. The van der Waals surface area contributed by atoms with Crippen molar-refractivity contribution in [1.82, 2.24) is 20.9 Å². The van der Waals surface area contributed by atoms with E-state index >= 15 is 0 Å². The summed E-state index contributed by atoms with van der Waals surface area (Å²) in [6, 6.07) is 9.76. The van der Waals surface area contributed by atoms with Crippen LogP contribution in [0.25, 0.3) is 0 Å². The smallest absolute Gasteiger partial charge is 0.270 e. The Bertz CT molecular complexity index is 1560. The van der Waals surface area contributed by atoms with Gasteiger partial charge in [0.05, 0.1) is 29.5 Å². The first kappa shape index (κ1) is 43.8. The van der Waals surface area contributed by atoms with Crippen molar-refractivity contribution in [3.8, 4) is 5.75 Å². The number of nitro benzene ring substituents is 1. The zero-order valence-corrected chi connectivity index (χ0v) is 32.2. The Morgan fingerprint density at radius 3 is 2.26 bits per heavy atom. The number of amides is 4. The fourth-order valence-corrected chi connectivity index (χ4v) is 7.41. The van der Waals surface area contributed by atoms with Gasteiger partial charge in [0.2, 0.25) is 23.6 Å². The van der Waals surface area contributed by atoms with E-state index < -0.39 is 52.9 Å². The summed E-state index contributed by atoms with van der Waals surface area (Å²) in [5.74, 6) is -0.874. The van der Waals surface area contributed by atoms with E-state index in [9.17, 15) is 34.4 Å². The van der Waals surface area contributed by atoms with E-state index in [1.807, 2.05) is 58.0 Å². The van der Waals surface area contributed by atoms with Crippen LogP contribution in [0.2, 0.25) is 0 Å². The highest BCUT2D eigenvalue weighted by Crippen LogP contribution is 2.40. The van der Waals surface area contributed by atoms with Crippen LogP contribution in [-0.4, -0.2) is 81.4 Å². The summed E-state index contributed by atoms with van der Waals surface area (Å²) in [6.45, 7) is 9.65. The number of aliphatic hydroxyl groups is 1. The summed E-state index contributed by atoms with van der Waals surface area (Å²) in [6.07, 6.45) is 4.84. The molecule has 2 aliphatic rings. The number of benzene rings is 2. The van der Waals surface area contributed by atoms with Crippen molar-refractivity contribution >= 4 is 29.3 Å². The molecule has 0 saturated heterocycles. The topological polar surface area (TPSA) is 212 Å². The molecule has 5 atom stereocenters. The number of hydrogen-bond donors (Lipinski definition) is 4. The maximum Gasteiger partial charge on any atom is 0.270 e. The number of fused-ring (bicyclic) bond motifs is 1. The number of nitro groups is 1. The monoisotopic (exact) mass is 753 g/mol. The van der Waals surface area contributed by atoms with Crippen molar-refractivity contribution in [2.75, 3.05) is 13.2 Å². The highest BCUT2D eigenvalue weighted by atomic mass is 16.6. The Morgan fingerprint density at radius 2 is 1.65 bits per heavy atom. The summed E-state index contributed by atoms with van der Waals surface area (Å²) in [5, 5.41) is 31.8. The molecule has 6 N–H and O–H groups in total. The average Bonchev–Trinajstić information content (AvgIpc) is 3.53. The number of hydrogen-bond acceptors (Lipinski definition) is 8. The molecule has 1 aliphatic carbocycles. The number of nitrogens with one attached hydrogen (secondary N) is 3. The quantitative estimate of drug-likeness (QED) is 0.128. The lowest BCUT2D eigenvalue weighted by molar-refractivity contribution is -0.384. The van der Waals surface area contributed by atoms with Crippen LogP contribution in [0, 0.1) is 27.9 Å². The van der Waals surface area contributed by atoms with Gasteiger partial charge in [-0.05, 0) is 42.2 Å². The molecule has 2 aromatic carbocycles. The number of rotatable bonds is 18. The Kier molecular flexibility index (Phi) is 16.9. The van der Waals surface area contributed by atoms with Crippen LogP contribution >= 0.6 is 0 Å².